The summed E-state index contributed by atoms with van der Waals surface area (Å²) < 4.78 is 39.5. The van der Waals surface area contributed by atoms with Crippen LogP contribution in [-0.4, -0.2) is 66.5 Å². The number of carbonyl (C=O) groups is 3. The van der Waals surface area contributed by atoms with Crippen LogP contribution in [-0.2, 0) is 42.2 Å². The number of rotatable bonds is 55. The van der Waals surface area contributed by atoms with Gasteiger partial charge in [0.2, 0.25) is 0 Å². The third kappa shape index (κ3) is 53.7. The van der Waals surface area contributed by atoms with Crippen molar-refractivity contribution in [1.29, 1.82) is 0 Å². The molecule has 0 saturated carbocycles. The summed E-state index contributed by atoms with van der Waals surface area (Å²) in [4.78, 5) is 48.6. The molecule has 0 spiro atoms. The molecule has 0 amide bonds. The van der Waals surface area contributed by atoms with E-state index in [1.165, 1.54) is 83.5 Å². The highest BCUT2D eigenvalue weighted by atomic mass is 31.2. The molecule has 0 aliphatic rings. The predicted octanol–water partition coefficient (Wildman–Crippen LogP) is 17.7. The van der Waals surface area contributed by atoms with Gasteiger partial charge in [-0.15, -0.1) is 0 Å². The normalized spacial score (nSPS) is 13.9. The van der Waals surface area contributed by atoms with Gasteiger partial charge in [-0.3, -0.25) is 23.4 Å². The first-order valence-electron chi connectivity index (χ1n) is 29.8. The minimum atomic E-state index is -4.76. The third-order valence-corrected chi connectivity index (χ3v) is 13.5. The average Bonchev–Trinajstić information content (AvgIpc) is 3.39. The van der Waals surface area contributed by atoms with E-state index in [2.05, 4.69) is 93.7 Å². The van der Waals surface area contributed by atoms with E-state index in [1.54, 1.807) is 0 Å². The molecule has 0 fully saturated rings. The maximum Gasteiger partial charge on any atom is 0.472 e. The Morgan fingerprint density at radius 1 is 0.392 bits per heavy atom. The van der Waals surface area contributed by atoms with Crippen LogP contribution in [0.2, 0.25) is 0 Å². The molecule has 2 N–H and O–H groups in total. The first-order valence-corrected chi connectivity index (χ1v) is 31.3. The van der Waals surface area contributed by atoms with Crippen molar-refractivity contribution in [2.45, 2.75) is 277 Å². The van der Waals surface area contributed by atoms with Crippen LogP contribution < -0.4 is 0 Å². The molecule has 11 nitrogen and oxygen atoms in total. The average molecular weight is 1060 g/mol. The Morgan fingerprint density at radius 3 is 1.12 bits per heavy atom. The van der Waals surface area contributed by atoms with Gasteiger partial charge in [-0.1, -0.05) is 209 Å². The molecule has 0 aromatic carbocycles. The van der Waals surface area contributed by atoms with Gasteiger partial charge in [0, 0.05) is 19.3 Å². The maximum atomic E-state index is 12.9. The number of unbranched alkanes of at least 4 members (excludes halogenated alkanes) is 26. The van der Waals surface area contributed by atoms with E-state index < -0.39 is 57.8 Å². The van der Waals surface area contributed by atoms with Crippen LogP contribution in [0, 0.1) is 0 Å². The van der Waals surface area contributed by atoms with Crippen molar-refractivity contribution in [2.75, 3.05) is 26.4 Å². The number of esters is 3. The molecule has 0 rings (SSSR count). The monoisotopic (exact) mass is 1060 g/mol. The number of phosphoric ester groups is 1. The van der Waals surface area contributed by atoms with Gasteiger partial charge in [-0.25, -0.2) is 4.57 Å². The quantitative estimate of drug-likeness (QED) is 0.0197. The third-order valence-electron chi connectivity index (χ3n) is 12.6. The summed E-state index contributed by atoms with van der Waals surface area (Å²) >= 11 is 0. The summed E-state index contributed by atoms with van der Waals surface area (Å²) in [7, 11) is -4.76. The van der Waals surface area contributed by atoms with Crippen molar-refractivity contribution in [3.8, 4) is 0 Å². The second-order valence-electron chi connectivity index (χ2n) is 19.8. The minimum absolute atomic E-state index is 0.144. The number of carbonyl (C=O) groups excluding carboxylic acids is 3. The molecule has 0 aromatic heterocycles. The Hall–Kier alpha value is -3.08. The van der Waals surface area contributed by atoms with E-state index in [1.807, 2.05) is 0 Å². The summed E-state index contributed by atoms with van der Waals surface area (Å²) in [5.41, 5.74) is 0. The highest BCUT2D eigenvalue weighted by molar-refractivity contribution is 7.47. The first-order chi connectivity index (χ1) is 36.2. The van der Waals surface area contributed by atoms with Gasteiger partial charge < -0.3 is 24.2 Å². The van der Waals surface area contributed by atoms with Crippen LogP contribution in [0.4, 0.5) is 0 Å². The molecule has 3 atom stereocenters. The fraction of sp³-hybridized carbons (Fsp3) is 0.758. The van der Waals surface area contributed by atoms with Gasteiger partial charge >= 0.3 is 25.7 Å². The Bertz CT molecular complexity index is 1520. The zero-order valence-electron chi connectivity index (χ0n) is 47.3. The molecule has 0 aromatic rings. The van der Waals surface area contributed by atoms with Gasteiger partial charge in [0.1, 0.15) is 12.7 Å². The largest absolute Gasteiger partial charge is 0.472 e. The van der Waals surface area contributed by atoms with Gasteiger partial charge in [-0.2, -0.15) is 0 Å². The van der Waals surface area contributed by atoms with E-state index in [9.17, 15) is 28.9 Å². The molecule has 428 valence electrons. The van der Waals surface area contributed by atoms with E-state index in [0.717, 1.165) is 122 Å². The minimum Gasteiger partial charge on any atom is -0.462 e. The second-order valence-corrected chi connectivity index (χ2v) is 21.2. The van der Waals surface area contributed by atoms with Gasteiger partial charge in [0.15, 0.2) is 6.10 Å². The molecular formula is C62H109O11P. The molecular weight excluding hydrogens is 952 g/mol. The SMILES string of the molecule is CC/C=C\C/C=C\C/C=C\CCCCCCCC(=O)OC(COC(=O)CCCCCCCCC/C=C\C/C=C\CCCCC)COP(=O)(O)OCC(CO)OC(=O)CCCCCCC/C=C\CCCCCCCC. The molecule has 12 heteroatoms. The van der Waals surface area contributed by atoms with Crippen LogP contribution in [0.3, 0.4) is 0 Å². The number of aliphatic hydroxyl groups excluding tert-OH is 1. The highest BCUT2D eigenvalue weighted by Gasteiger charge is 2.28. The van der Waals surface area contributed by atoms with Crippen molar-refractivity contribution in [3.05, 3.63) is 72.9 Å². The molecule has 0 aliphatic heterocycles. The maximum absolute atomic E-state index is 12.9. The number of allylic oxidation sites excluding steroid dienone is 12. The van der Waals surface area contributed by atoms with Crippen molar-refractivity contribution in [2.24, 2.45) is 0 Å². The molecule has 0 aliphatic carbocycles. The molecule has 0 heterocycles. The second kappa shape index (κ2) is 56.1. The summed E-state index contributed by atoms with van der Waals surface area (Å²) in [6, 6.07) is 0. The molecule has 0 radical (unpaired) electrons. The van der Waals surface area contributed by atoms with Crippen LogP contribution in [0.1, 0.15) is 265 Å². The lowest BCUT2D eigenvalue weighted by atomic mass is 10.1. The topological polar surface area (TPSA) is 155 Å². The molecule has 0 bridgehead atoms. The zero-order valence-corrected chi connectivity index (χ0v) is 48.2. The van der Waals surface area contributed by atoms with Crippen molar-refractivity contribution >= 4 is 25.7 Å². The molecule has 74 heavy (non-hydrogen) atoms. The summed E-state index contributed by atoms with van der Waals surface area (Å²) in [5, 5.41) is 9.82. The number of hydrogen-bond acceptors (Lipinski definition) is 10. The number of hydrogen-bond donors (Lipinski definition) is 2. The lowest BCUT2D eigenvalue weighted by molar-refractivity contribution is -0.161. The molecule has 0 saturated heterocycles. The van der Waals surface area contributed by atoms with Crippen LogP contribution in [0.15, 0.2) is 72.9 Å². The smallest absolute Gasteiger partial charge is 0.462 e. The summed E-state index contributed by atoms with van der Waals surface area (Å²) in [5.74, 6) is -1.50. The summed E-state index contributed by atoms with van der Waals surface area (Å²) in [6.45, 7) is 4.48. The van der Waals surface area contributed by atoms with Crippen LogP contribution >= 0.6 is 7.82 Å². The van der Waals surface area contributed by atoms with E-state index in [4.69, 9.17) is 23.3 Å². The highest BCUT2D eigenvalue weighted by Crippen LogP contribution is 2.43. The number of phosphoric acid groups is 1. The van der Waals surface area contributed by atoms with Gasteiger partial charge in [0.05, 0.1) is 19.8 Å². The Kier molecular flexibility index (Phi) is 53.8. The summed E-state index contributed by atoms with van der Waals surface area (Å²) in [6.07, 6.45) is 62.8. The van der Waals surface area contributed by atoms with Crippen molar-refractivity contribution in [3.63, 3.8) is 0 Å². The predicted molar refractivity (Wildman–Crippen MR) is 307 cm³/mol. The van der Waals surface area contributed by atoms with Crippen LogP contribution in [0.5, 0.6) is 0 Å². The van der Waals surface area contributed by atoms with Gasteiger partial charge in [0.25, 0.3) is 0 Å². The van der Waals surface area contributed by atoms with Gasteiger partial charge in [-0.05, 0) is 109 Å². The zero-order chi connectivity index (χ0) is 54.1. The lowest BCUT2D eigenvalue weighted by Crippen LogP contribution is -2.30. The molecule has 3 unspecified atom stereocenters. The van der Waals surface area contributed by atoms with E-state index in [0.29, 0.717) is 19.3 Å². The lowest BCUT2D eigenvalue weighted by Gasteiger charge is -2.21. The van der Waals surface area contributed by atoms with Crippen molar-refractivity contribution < 1.29 is 52.2 Å². The standard InChI is InChI=1S/C62H109O11P/c1-4-7-10-13-16-19-22-25-28-29-32-33-36-39-42-45-48-51-60(64)69-55-59(73-62(66)53-50-47-44-41-38-35-31-27-24-21-18-15-12-9-6-3)57-71-74(67,68)70-56-58(54-63)72-61(65)52-49-46-43-40-37-34-30-26-23-20-17-14-11-8-5-2/h9,12,16,18-19,21,25-28,30-31,58-59,63H,4-8,10-11,13-15,17,20,22-24,29,32-57H2,1-3H3,(H,67,68)/b12-9-,19-16-,21-18-,28-25-,30-26-,31-27-. The number of aliphatic hydroxyl groups is 1. The van der Waals surface area contributed by atoms with Crippen LogP contribution in [0.25, 0.3) is 0 Å². The fourth-order valence-electron chi connectivity index (χ4n) is 8.04. The van der Waals surface area contributed by atoms with E-state index in [-0.39, 0.29) is 25.9 Å². The Labute approximate surface area is 452 Å². The fourth-order valence-corrected chi connectivity index (χ4v) is 8.83. The first kappa shape index (κ1) is 70.9. The Morgan fingerprint density at radius 2 is 0.703 bits per heavy atom. The van der Waals surface area contributed by atoms with E-state index >= 15 is 0 Å². The Balaban J connectivity index is 4.74. The number of ether oxygens (including phenoxy) is 3. The van der Waals surface area contributed by atoms with Crippen molar-refractivity contribution in [1.82, 2.24) is 0 Å².